The van der Waals surface area contributed by atoms with Crippen LogP contribution in [0.4, 0.5) is 0 Å². The van der Waals surface area contributed by atoms with Crippen LogP contribution in [0.5, 0.6) is 0 Å². The second kappa shape index (κ2) is 6.72. The van der Waals surface area contributed by atoms with Crippen molar-refractivity contribution in [1.82, 2.24) is 4.90 Å². The van der Waals surface area contributed by atoms with Crippen LogP contribution in [-0.4, -0.2) is 47.4 Å². The Labute approximate surface area is 164 Å². The molecule has 1 aromatic rings. The average molecular weight is 387 g/mol. The van der Waals surface area contributed by atoms with Gasteiger partial charge in [0.15, 0.2) is 0 Å². The number of nitrogens with zero attached hydrogens (tertiary/aromatic N) is 1. The Bertz CT molecular complexity index is 816. The first-order valence-electron chi connectivity index (χ1n) is 9.26. The lowest BCUT2D eigenvalue weighted by atomic mass is 9.87. The average Bonchev–Trinajstić information content (AvgIpc) is 3.00. The van der Waals surface area contributed by atoms with Crippen LogP contribution in [0.15, 0.2) is 24.3 Å². The van der Waals surface area contributed by atoms with Gasteiger partial charge in [-0.3, -0.25) is 14.5 Å². The quantitative estimate of drug-likeness (QED) is 0.583. The van der Waals surface area contributed by atoms with E-state index in [4.69, 9.17) is 9.47 Å². The number of fused-ring (bicyclic) bond motifs is 1. The van der Waals surface area contributed by atoms with Crippen molar-refractivity contribution in [2.45, 2.75) is 53.2 Å². The van der Waals surface area contributed by atoms with E-state index in [1.54, 1.807) is 38.1 Å². The summed E-state index contributed by atoms with van der Waals surface area (Å²) >= 11 is 0. The van der Waals surface area contributed by atoms with E-state index in [2.05, 4.69) is 0 Å². The van der Waals surface area contributed by atoms with Crippen LogP contribution in [0.25, 0.3) is 0 Å². The van der Waals surface area contributed by atoms with Crippen molar-refractivity contribution in [3.63, 3.8) is 0 Å². The second-order valence-corrected chi connectivity index (χ2v) is 9.22. The lowest BCUT2D eigenvalue weighted by Gasteiger charge is -2.32. The number of esters is 2. The van der Waals surface area contributed by atoms with Gasteiger partial charge in [0.25, 0.3) is 11.8 Å². The predicted molar refractivity (Wildman–Crippen MR) is 99.4 cm³/mol. The van der Waals surface area contributed by atoms with E-state index in [1.165, 1.54) is 0 Å². The first kappa shape index (κ1) is 20.0. The largest absolute Gasteiger partial charge is 0.462 e. The topological polar surface area (TPSA) is 90.0 Å². The van der Waals surface area contributed by atoms with Crippen molar-refractivity contribution in [1.29, 1.82) is 0 Å². The van der Waals surface area contributed by atoms with Crippen LogP contribution >= 0.6 is 0 Å². The Kier molecular flexibility index (Phi) is 4.81. The molecule has 7 heteroatoms. The van der Waals surface area contributed by atoms with Crippen LogP contribution in [-0.2, 0) is 19.1 Å². The summed E-state index contributed by atoms with van der Waals surface area (Å²) in [6.07, 6.45) is -0.864. The number of amides is 2. The molecule has 0 saturated carbocycles. The summed E-state index contributed by atoms with van der Waals surface area (Å²) in [7, 11) is 0. The number of benzene rings is 1. The van der Waals surface area contributed by atoms with Crippen LogP contribution in [0, 0.1) is 10.8 Å². The fourth-order valence-electron chi connectivity index (χ4n) is 3.48. The highest BCUT2D eigenvalue weighted by Gasteiger charge is 2.50. The molecule has 2 aliphatic heterocycles. The van der Waals surface area contributed by atoms with Crippen molar-refractivity contribution in [2.75, 3.05) is 6.61 Å². The predicted octanol–water partition coefficient (Wildman–Crippen LogP) is 2.58. The van der Waals surface area contributed by atoms with Crippen LogP contribution in [0.1, 0.15) is 61.8 Å². The zero-order valence-corrected chi connectivity index (χ0v) is 16.8. The number of imide groups is 1. The summed E-state index contributed by atoms with van der Waals surface area (Å²) in [6, 6.07) is 5.33. The van der Waals surface area contributed by atoms with Gasteiger partial charge in [0, 0.05) is 5.41 Å². The van der Waals surface area contributed by atoms with Gasteiger partial charge in [0.2, 0.25) is 6.10 Å². The molecule has 2 amide bonds. The Morgan fingerprint density at radius 3 is 2.14 bits per heavy atom. The zero-order valence-electron chi connectivity index (χ0n) is 16.8. The van der Waals surface area contributed by atoms with Crippen LogP contribution in [0.2, 0.25) is 0 Å². The van der Waals surface area contributed by atoms with Gasteiger partial charge >= 0.3 is 11.9 Å². The van der Waals surface area contributed by atoms with E-state index >= 15 is 0 Å². The molecule has 0 N–H and O–H groups in total. The number of carbonyl (C=O) groups is 4. The molecular weight excluding hydrogens is 362 g/mol. The van der Waals surface area contributed by atoms with Crippen LogP contribution < -0.4 is 0 Å². The molecule has 7 nitrogen and oxygen atoms in total. The van der Waals surface area contributed by atoms with Crippen molar-refractivity contribution in [2.24, 2.45) is 10.8 Å². The van der Waals surface area contributed by atoms with Gasteiger partial charge in [-0.25, -0.2) is 9.59 Å². The summed E-state index contributed by atoms with van der Waals surface area (Å²) in [5.74, 6) is -2.45. The lowest BCUT2D eigenvalue weighted by Crippen LogP contribution is -2.49. The van der Waals surface area contributed by atoms with Crippen molar-refractivity contribution in [3.8, 4) is 0 Å². The van der Waals surface area contributed by atoms with Gasteiger partial charge in [-0.2, -0.15) is 0 Å². The standard InChI is InChI=1S/C21H25NO6/c1-20(2,3)10-14(18(25)28-15-19(26)27-11-21(15,4)5)22-16(23)12-8-6-7-9-13(12)17(22)24/h6-9,14-15H,10-11H2,1-5H3/t14-,15-/m0/s1. The number of cyclic esters (lactones) is 1. The summed E-state index contributed by atoms with van der Waals surface area (Å²) in [5.41, 5.74) is -0.522. The lowest BCUT2D eigenvalue weighted by molar-refractivity contribution is -0.166. The smallest absolute Gasteiger partial charge is 0.348 e. The Balaban J connectivity index is 1.92. The third-order valence-electron chi connectivity index (χ3n) is 4.96. The van der Waals surface area contributed by atoms with Gasteiger partial charge in [0.1, 0.15) is 12.6 Å². The molecule has 3 rings (SSSR count). The fraction of sp³-hybridized carbons (Fsp3) is 0.524. The van der Waals surface area contributed by atoms with Crippen molar-refractivity contribution in [3.05, 3.63) is 35.4 Å². The van der Waals surface area contributed by atoms with Crippen LogP contribution in [0.3, 0.4) is 0 Å². The van der Waals surface area contributed by atoms with Gasteiger partial charge in [-0.15, -0.1) is 0 Å². The normalized spacial score (nSPS) is 22.1. The summed E-state index contributed by atoms with van der Waals surface area (Å²) < 4.78 is 10.5. The highest BCUT2D eigenvalue weighted by Crippen LogP contribution is 2.34. The van der Waals surface area contributed by atoms with Crippen molar-refractivity contribution >= 4 is 23.8 Å². The van der Waals surface area contributed by atoms with E-state index in [0.29, 0.717) is 0 Å². The molecule has 1 aromatic carbocycles. The first-order valence-corrected chi connectivity index (χ1v) is 9.26. The number of ether oxygens (including phenoxy) is 2. The number of carbonyl (C=O) groups excluding carboxylic acids is 4. The van der Waals surface area contributed by atoms with Crippen molar-refractivity contribution < 1.29 is 28.7 Å². The summed E-state index contributed by atoms with van der Waals surface area (Å²) in [4.78, 5) is 51.8. The number of hydrogen-bond acceptors (Lipinski definition) is 6. The molecule has 2 aliphatic rings. The maximum absolute atomic E-state index is 13.1. The van der Waals surface area contributed by atoms with Gasteiger partial charge < -0.3 is 9.47 Å². The Morgan fingerprint density at radius 2 is 1.71 bits per heavy atom. The molecule has 1 fully saturated rings. The maximum atomic E-state index is 13.1. The minimum absolute atomic E-state index is 0.140. The molecule has 0 spiro atoms. The molecule has 2 heterocycles. The second-order valence-electron chi connectivity index (χ2n) is 9.22. The molecule has 0 unspecified atom stereocenters. The molecule has 28 heavy (non-hydrogen) atoms. The third kappa shape index (κ3) is 3.53. The minimum Gasteiger partial charge on any atom is -0.462 e. The fourth-order valence-corrected chi connectivity index (χ4v) is 3.48. The molecule has 0 bridgehead atoms. The molecule has 1 saturated heterocycles. The van der Waals surface area contributed by atoms with Gasteiger partial charge in [-0.05, 0) is 24.0 Å². The van der Waals surface area contributed by atoms with E-state index < -0.39 is 41.3 Å². The van der Waals surface area contributed by atoms with Gasteiger partial charge in [-0.1, -0.05) is 46.8 Å². The monoisotopic (exact) mass is 387 g/mol. The SMILES string of the molecule is CC(C)(C)C[C@@H](C(=O)O[C@H]1C(=O)OCC1(C)C)N1C(=O)c2ccccc2C1=O. The molecule has 0 aromatic heterocycles. The van der Waals surface area contributed by atoms with Gasteiger partial charge in [0.05, 0.1) is 11.1 Å². The molecule has 0 aliphatic carbocycles. The first-order chi connectivity index (χ1) is 12.9. The Morgan fingerprint density at radius 1 is 1.18 bits per heavy atom. The molecule has 150 valence electrons. The third-order valence-corrected chi connectivity index (χ3v) is 4.96. The van der Waals surface area contributed by atoms with E-state index in [0.717, 1.165) is 4.90 Å². The molecule has 0 radical (unpaired) electrons. The Hall–Kier alpha value is -2.70. The maximum Gasteiger partial charge on any atom is 0.348 e. The number of hydrogen-bond donors (Lipinski definition) is 0. The number of rotatable bonds is 4. The van der Waals surface area contributed by atoms with E-state index in [9.17, 15) is 19.2 Å². The summed E-state index contributed by atoms with van der Waals surface area (Å²) in [6.45, 7) is 9.37. The van der Waals surface area contributed by atoms with E-state index in [-0.39, 0.29) is 29.6 Å². The summed E-state index contributed by atoms with van der Waals surface area (Å²) in [5, 5.41) is 0. The molecular formula is C21H25NO6. The molecule has 2 atom stereocenters. The minimum atomic E-state index is -1.13. The highest BCUT2D eigenvalue weighted by molar-refractivity contribution is 6.22. The highest BCUT2D eigenvalue weighted by atomic mass is 16.6. The zero-order chi connectivity index (χ0) is 20.9. The van der Waals surface area contributed by atoms with E-state index in [1.807, 2.05) is 20.8 Å².